The zero-order valence-corrected chi connectivity index (χ0v) is 6.47. The molecule has 2 heterocycles. The van der Waals surface area contributed by atoms with Crippen molar-refractivity contribution in [1.29, 1.82) is 0 Å². The van der Waals surface area contributed by atoms with Gasteiger partial charge >= 0.3 is 0 Å². The minimum Gasteiger partial charge on any atom is -0.302 e. The Morgan fingerprint density at radius 3 is 2.50 bits per heavy atom. The molecule has 0 bridgehead atoms. The fraction of sp³-hybridized carbons (Fsp3) is 1.00. The molecule has 2 saturated heterocycles. The van der Waals surface area contributed by atoms with Crippen molar-refractivity contribution in [2.45, 2.75) is 31.8 Å². The Hall–Kier alpha value is -0.0800. The van der Waals surface area contributed by atoms with E-state index in [2.05, 4.69) is 10.2 Å². The lowest BCUT2D eigenvalue weighted by Crippen LogP contribution is -2.39. The van der Waals surface area contributed by atoms with Crippen LogP contribution in [0.25, 0.3) is 0 Å². The van der Waals surface area contributed by atoms with E-state index in [1.807, 2.05) is 0 Å². The van der Waals surface area contributed by atoms with Gasteiger partial charge in [0.2, 0.25) is 0 Å². The van der Waals surface area contributed by atoms with Gasteiger partial charge in [0.05, 0.1) is 6.17 Å². The highest BCUT2D eigenvalue weighted by atomic mass is 15.3. The van der Waals surface area contributed by atoms with Crippen LogP contribution in [0.1, 0.15) is 25.7 Å². The van der Waals surface area contributed by atoms with E-state index in [9.17, 15) is 0 Å². The first-order valence-electron chi connectivity index (χ1n) is 4.44. The van der Waals surface area contributed by atoms with Crippen LogP contribution in [0.15, 0.2) is 0 Å². The third kappa shape index (κ3) is 1.18. The van der Waals surface area contributed by atoms with Gasteiger partial charge in [-0.05, 0) is 45.3 Å². The first kappa shape index (κ1) is 6.62. The van der Waals surface area contributed by atoms with Crippen molar-refractivity contribution in [1.82, 2.24) is 10.2 Å². The molecule has 0 amide bonds. The van der Waals surface area contributed by atoms with Gasteiger partial charge in [-0.2, -0.15) is 0 Å². The predicted octanol–water partition coefficient (Wildman–Crippen LogP) is 0.792. The van der Waals surface area contributed by atoms with Crippen LogP contribution >= 0.6 is 0 Å². The topological polar surface area (TPSA) is 15.3 Å². The van der Waals surface area contributed by atoms with Crippen LogP contribution in [-0.2, 0) is 0 Å². The molecule has 2 aliphatic rings. The van der Waals surface area contributed by atoms with E-state index >= 15 is 0 Å². The first-order valence-corrected chi connectivity index (χ1v) is 4.44. The molecule has 0 saturated carbocycles. The van der Waals surface area contributed by atoms with E-state index in [1.54, 1.807) is 0 Å². The van der Waals surface area contributed by atoms with E-state index in [1.165, 1.54) is 45.3 Å². The van der Waals surface area contributed by atoms with Crippen molar-refractivity contribution in [3.8, 4) is 0 Å². The van der Waals surface area contributed by atoms with Crippen molar-refractivity contribution in [3.05, 3.63) is 0 Å². The maximum atomic E-state index is 3.52. The molecule has 2 rings (SSSR count). The molecule has 2 heteroatoms. The van der Waals surface area contributed by atoms with Crippen LogP contribution in [0, 0.1) is 0 Å². The van der Waals surface area contributed by atoms with Gasteiger partial charge in [-0.3, -0.25) is 4.90 Å². The van der Waals surface area contributed by atoms with Crippen LogP contribution in [0.2, 0.25) is 0 Å². The number of nitrogens with one attached hydrogen (secondary N) is 1. The van der Waals surface area contributed by atoms with Crippen LogP contribution in [0.3, 0.4) is 0 Å². The summed E-state index contributed by atoms with van der Waals surface area (Å²) in [5, 5.41) is 3.52. The summed E-state index contributed by atoms with van der Waals surface area (Å²) in [6.45, 7) is 3.90. The van der Waals surface area contributed by atoms with Crippen molar-refractivity contribution in [2.75, 3.05) is 19.6 Å². The summed E-state index contributed by atoms with van der Waals surface area (Å²) < 4.78 is 0. The Bertz CT molecular complexity index is 87.8. The fourth-order valence-electron chi connectivity index (χ4n) is 2.03. The van der Waals surface area contributed by atoms with E-state index < -0.39 is 0 Å². The molecule has 1 atom stereocenters. The summed E-state index contributed by atoms with van der Waals surface area (Å²) >= 11 is 0. The largest absolute Gasteiger partial charge is 0.302 e. The smallest absolute Gasteiger partial charge is 0.0597 e. The maximum absolute atomic E-state index is 3.52. The second-order valence-corrected chi connectivity index (χ2v) is 3.36. The molecular weight excluding hydrogens is 124 g/mol. The SMILES string of the molecule is C1CNC(N2CCCC2)C1. The lowest BCUT2D eigenvalue weighted by molar-refractivity contribution is 0.226. The predicted molar refractivity (Wildman–Crippen MR) is 41.8 cm³/mol. The molecule has 2 fully saturated rings. The van der Waals surface area contributed by atoms with Crippen LogP contribution < -0.4 is 5.32 Å². The van der Waals surface area contributed by atoms with Gasteiger partial charge in [0.1, 0.15) is 0 Å². The standard InChI is InChI=1S/C8H16N2/c1-2-7-10(6-1)8-4-3-5-9-8/h8-9H,1-7H2. The third-order valence-electron chi connectivity index (χ3n) is 2.62. The molecule has 1 N–H and O–H groups in total. The Balaban J connectivity index is 1.85. The van der Waals surface area contributed by atoms with Crippen LogP contribution in [0.5, 0.6) is 0 Å². The minimum absolute atomic E-state index is 0.738. The van der Waals surface area contributed by atoms with Crippen molar-refractivity contribution in [2.24, 2.45) is 0 Å². The first-order chi connectivity index (χ1) is 4.97. The monoisotopic (exact) mass is 140 g/mol. The normalized spacial score (nSPS) is 35.4. The zero-order chi connectivity index (χ0) is 6.81. The maximum Gasteiger partial charge on any atom is 0.0597 e. The summed E-state index contributed by atoms with van der Waals surface area (Å²) in [6.07, 6.45) is 6.32. The molecule has 0 aromatic heterocycles. The van der Waals surface area contributed by atoms with Gasteiger partial charge in [0.15, 0.2) is 0 Å². The highest BCUT2D eigenvalue weighted by Crippen LogP contribution is 2.16. The van der Waals surface area contributed by atoms with Crippen LogP contribution in [-0.4, -0.2) is 30.7 Å². The van der Waals surface area contributed by atoms with Gasteiger partial charge in [-0.15, -0.1) is 0 Å². The van der Waals surface area contributed by atoms with Crippen LogP contribution in [0.4, 0.5) is 0 Å². The molecule has 2 nitrogen and oxygen atoms in total. The van der Waals surface area contributed by atoms with Gasteiger partial charge in [0.25, 0.3) is 0 Å². The number of nitrogens with zero attached hydrogens (tertiary/aromatic N) is 1. The van der Waals surface area contributed by atoms with Crippen molar-refractivity contribution < 1.29 is 0 Å². The molecule has 58 valence electrons. The molecule has 10 heavy (non-hydrogen) atoms. The Kier molecular flexibility index (Phi) is 1.91. The third-order valence-corrected chi connectivity index (χ3v) is 2.62. The lowest BCUT2D eigenvalue weighted by atomic mass is 10.3. The van der Waals surface area contributed by atoms with Gasteiger partial charge < -0.3 is 5.32 Å². The Morgan fingerprint density at radius 2 is 1.90 bits per heavy atom. The molecule has 2 aliphatic heterocycles. The van der Waals surface area contributed by atoms with E-state index in [4.69, 9.17) is 0 Å². The Labute approximate surface area is 62.6 Å². The van der Waals surface area contributed by atoms with E-state index in [-0.39, 0.29) is 0 Å². The zero-order valence-electron chi connectivity index (χ0n) is 6.47. The summed E-state index contributed by atoms with van der Waals surface area (Å²) in [6, 6.07) is 0. The minimum atomic E-state index is 0.738. The fourth-order valence-corrected chi connectivity index (χ4v) is 2.03. The Morgan fingerprint density at radius 1 is 1.10 bits per heavy atom. The molecule has 0 radical (unpaired) electrons. The van der Waals surface area contributed by atoms with Gasteiger partial charge in [0, 0.05) is 0 Å². The number of rotatable bonds is 1. The van der Waals surface area contributed by atoms with E-state index in [0.29, 0.717) is 0 Å². The second kappa shape index (κ2) is 2.89. The van der Waals surface area contributed by atoms with E-state index in [0.717, 1.165) is 6.17 Å². The highest BCUT2D eigenvalue weighted by molar-refractivity contribution is 4.78. The summed E-state index contributed by atoms with van der Waals surface area (Å²) in [5.74, 6) is 0. The second-order valence-electron chi connectivity index (χ2n) is 3.36. The number of hydrogen-bond acceptors (Lipinski definition) is 2. The van der Waals surface area contributed by atoms with Gasteiger partial charge in [-0.1, -0.05) is 0 Å². The molecule has 0 aliphatic carbocycles. The molecule has 0 aromatic carbocycles. The summed E-state index contributed by atoms with van der Waals surface area (Å²) in [7, 11) is 0. The molecule has 1 unspecified atom stereocenters. The van der Waals surface area contributed by atoms with Crippen molar-refractivity contribution >= 4 is 0 Å². The lowest BCUT2D eigenvalue weighted by Gasteiger charge is -2.22. The van der Waals surface area contributed by atoms with Gasteiger partial charge in [-0.25, -0.2) is 0 Å². The number of likely N-dealkylation sites (tertiary alicyclic amines) is 1. The molecule has 0 aromatic rings. The average molecular weight is 140 g/mol. The van der Waals surface area contributed by atoms with Crippen molar-refractivity contribution in [3.63, 3.8) is 0 Å². The molecule has 0 spiro atoms. The average Bonchev–Trinajstić information content (AvgIpc) is 2.59. The quantitative estimate of drug-likeness (QED) is 0.579. The highest BCUT2D eigenvalue weighted by Gasteiger charge is 2.23. The number of hydrogen-bond donors (Lipinski definition) is 1. The summed E-state index contributed by atoms with van der Waals surface area (Å²) in [4.78, 5) is 2.59. The summed E-state index contributed by atoms with van der Waals surface area (Å²) in [5.41, 5.74) is 0. The molecular formula is C8H16N2.